The summed E-state index contributed by atoms with van der Waals surface area (Å²) in [7, 11) is 0. The lowest BCUT2D eigenvalue weighted by atomic mass is 9.93. The average molecular weight is 329 g/mol. The van der Waals surface area contributed by atoms with Crippen LogP contribution < -0.4 is 5.32 Å². The van der Waals surface area contributed by atoms with Crippen LogP contribution in [0.4, 0.5) is 0 Å². The molecule has 2 fully saturated rings. The first-order chi connectivity index (χ1) is 10.8. The molecule has 9 nitrogen and oxygen atoms in total. The van der Waals surface area contributed by atoms with Crippen molar-refractivity contribution in [2.45, 2.75) is 57.6 Å². The molecule has 0 aromatic carbocycles. The molecule has 2 heterocycles. The summed E-state index contributed by atoms with van der Waals surface area (Å²) in [6.07, 6.45) is -3.20. The standard InChI is InChI=1S/C14H19NO8/c1-6(16)20-5-10-13(21-7(2)17)14(22-8(3)18)12-9(23-10)4-11(19)15-12/h9-10,12-14H,4-5H2,1-3H3,(H,15,19)/t9-,10-,12+,13-,14-/m1/s1. The van der Waals surface area contributed by atoms with Crippen LogP contribution in [0.2, 0.25) is 0 Å². The number of carbonyl (C=O) groups is 4. The number of esters is 3. The molecule has 9 heteroatoms. The zero-order valence-electron chi connectivity index (χ0n) is 13.1. The predicted octanol–water partition coefficient (Wildman–Crippen LogP) is -0.931. The molecule has 0 saturated carbocycles. The van der Waals surface area contributed by atoms with Gasteiger partial charge in [-0.3, -0.25) is 19.2 Å². The number of nitrogens with one attached hydrogen (secondary N) is 1. The maximum Gasteiger partial charge on any atom is 0.303 e. The molecule has 2 rings (SSSR count). The van der Waals surface area contributed by atoms with Gasteiger partial charge in [0.2, 0.25) is 5.91 Å². The molecule has 0 unspecified atom stereocenters. The van der Waals surface area contributed by atoms with Gasteiger partial charge in [0, 0.05) is 20.8 Å². The van der Waals surface area contributed by atoms with Crippen molar-refractivity contribution in [1.82, 2.24) is 5.32 Å². The summed E-state index contributed by atoms with van der Waals surface area (Å²) in [5, 5.41) is 2.66. The Labute approximate surface area is 132 Å². The summed E-state index contributed by atoms with van der Waals surface area (Å²) in [5.74, 6) is -1.97. The maximum absolute atomic E-state index is 11.6. The molecule has 5 atom stereocenters. The molecule has 0 spiro atoms. The minimum atomic E-state index is -0.990. The zero-order valence-corrected chi connectivity index (χ0v) is 13.1. The van der Waals surface area contributed by atoms with E-state index in [4.69, 9.17) is 18.9 Å². The van der Waals surface area contributed by atoms with Gasteiger partial charge in [0.25, 0.3) is 0 Å². The number of hydrogen-bond donors (Lipinski definition) is 1. The lowest BCUT2D eigenvalue weighted by molar-refractivity contribution is -0.218. The first-order valence-corrected chi connectivity index (χ1v) is 7.20. The van der Waals surface area contributed by atoms with Crippen molar-refractivity contribution in [3.05, 3.63) is 0 Å². The molecule has 0 bridgehead atoms. The molecule has 2 aliphatic heterocycles. The number of amides is 1. The molecular formula is C14H19NO8. The minimum absolute atomic E-state index is 0.0891. The number of rotatable bonds is 4. The SMILES string of the molecule is CC(=O)OC[C@H]1O[C@@H]2CC(=O)N[C@@H]2[C@@H](OC(C)=O)[C@@H]1OC(C)=O. The first-order valence-electron chi connectivity index (χ1n) is 7.20. The van der Waals surface area contributed by atoms with E-state index in [1.165, 1.54) is 20.8 Å². The number of fused-ring (bicyclic) bond motifs is 1. The third kappa shape index (κ3) is 4.19. The second kappa shape index (κ2) is 6.95. The van der Waals surface area contributed by atoms with Crippen molar-refractivity contribution < 1.29 is 38.1 Å². The van der Waals surface area contributed by atoms with Crippen LogP contribution in [-0.4, -0.2) is 60.9 Å². The second-order valence-electron chi connectivity index (χ2n) is 5.46. The molecule has 23 heavy (non-hydrogen) atoms. The van der Waals surface area contributed by atoms with Crippen LogP contribution in [0.3, 0.4) is 0 Å². The lowest BCUT2D eigenvalue weighted by Gasteiger charge is -2.42. The number of carbonyl (C=O) groups excluding carboxylic acids is 4. The Kier molecular flexibility index (Phi) is 5.19. The summed E-state index contributed by atoms with van der Waals surface area (Å²) in [6, 6.07) is -0.621. The molecule has 128 valence electrons. The normalized spacial score (nSPS) is 32.5. The van der Waals surface area contributed by atoms with Gasteiger partial charge in [-0.1, -0.05) is 0 Å². The predicted molar refractivity (Wildman–Crippen MR) is 72.9 cm³/mol. The topological polar surface area (TPSA) is 117 Å². The van der Waals surface area contributed by atoms with Gasteiger partial charge in [-0.2, -0.15) is 0 Å². The van der Waals surface area contributed by atoms with E-state index in [9.17, 15) is 19.2 Å². The van der Waals surface area contributed by atoms with Crippen molar-refractivity contribution in [2.75, 3.05) is 6.61 Å². The molecule has 2 saturated heterocycles. The van der Waals surface area contributed by atoms with E-state index >= 15 is 0 Å². The highest BCUT2D eigenvalue weighted by Gasteiger charge is 2.53. The highest BCUT2D eigenvalue weighted by atomic mass is 16.6. The van der Waals surface area contributed by atoms with Crippen molar-refractivity contribution in [1.29, 1.82) is 0 Å². The average Bonchev–Trinajstić information content (AvgIpc) is 2.78. The monoisotopic (exact) mass is 329 g/mol. The minimum Gasteiger partial charge on any atom is -0.463 e. The summed E-state index contributed by atoms with van der Waals surface area (Å²) in [5.41, 5.74) is 0. The highest BCUT2D eigenvalue weighted by Crippen LogP contribution is 2.31. The fraction of sp³-hybridized carbons (Fsp3) is 0.714. The van der Waals surface area contributed by atoms with E-state index in [-0.39, 0.29) is 18.9 Å². The van der Waals surface area contributed by atoms with Gasteiger partial charge in [-0.25, -0.2) is 0 Å². The molecule has 0 radical (unpaired) electrons. The van der Waals surface area contributed by atoms with Crippen molar-refractivity contribution in [2.24, 2.45) is 0 Å². The summed E-state index contributed by atoms with van der Waals surface area (Å²) in [6.45, 7) is 3.47. The molecule has 1 N–H and O–H groups in total. The molecule has 0 aromatic heterocycles. The third-order valence-corrected chi connectivity index (χ3v) is 3.56. The first kappa shape index (κ1) is 17.2. The summed E-state index contributed by atoms with van der Waals surface area (Å²) in [4.78, 5) is 45.4. The van der Waals surface area contributed by atoms with Gasteiger partial charge < -0.3 is 24.3 Å². The Bertz CT molecular complexity index is 519. The quantitative estimate of drug-likeness (QED) is 0.519. The maximum atomic E-state index is 11.6. The largest absolute Gasteiger partial charge is 0.463 e. The Balaban J connectivity index is 2.25. The smallest absolute Gasteiger partial charge is 0.303 e. The van der Waals surface area contributed by atoms with E-state index in [0.717, 1.165) is 0 Å². The van der Waals surface area contributed by atoms with Crippen LogP contribution in [0.25, 0.3) is 0 Å². The Morgan fingerprint density at radius 2 is 1.70 bits per heavy atom. The molecule has 0 aromatic rings. The zero-order chi connectivity index (χ0) is 17.1. The van der Waals surface area contributed by atoms with Crippen LogP contribution in [0, 0.1) is 0 Å². The summed E-state index contributed by atoms with van der Waals surface area (Å²) >= 11 is 0. The van der Waals surface area contributed by atoms with Crippen LogP contribution in [-0.2, 0) is 38.1 Å². The van der Waals surface area contributed by atoms with Crippen molar-refractivity contribution in [3.8, 4) is 0 Å². The van der Waals surface area contributed by atoms with Gasteiger partial charge in [0.1, 0.15) is 12.7 Å². The fourth-order valence-electron chi connectivity index (χ4n) is 2.79. The van der Waals surface area contributed by atoms with Crippen molar-refractivity contribution >= 4 is 23.8 Å². The van der Waals surface area contributed by atoms with Gasteiger partial charge in [-0.15, -0.1) is 0 Å². The lowest BCUT2D eigenvalue weighted by Crippen LogP contribution is -2.62. The van der Waals surface area contributed by atoms with Gasteiger partial charge in [0.05, 0.1) is 18.6 Å². The van der Waals surface area contributed by atoms with E-state index < -0.39 is 48.4 Å². The van der Waals surface area contributed by atoms with Crippen LogP contribution in [0.5, 0.6) is 0 Å². The Morgan fingerprint density at radius 3 is 2.26 bits per heavy atom. The van der Waals surface area contributed by atoms with Crippen molar-refractivity contribution in [3.63, 3.8) is 0 Å². The van der Waals surface area contributed by atoms with Crippen LogP contribution >= 0.6 is 0 Å². The van der Waals surface area contributed by atoms with Crippen LogP contribution in [0.15, 0.2) is 0 Å². The molecule has 1 amide bonds. The molecule has 0 aliphatic carbocycles. The van der Waals surface area contributed by atoms with E-state index in [0.29, 0.717) is 0 Å². The fourth-order valence-corrected chi connectivity index (χ4v) is 2.79. The Morgan fingerprint density at radius 1 is 1.09 bits per heavy atom. The molecule has 2 aliphatic rings. The van der Waals surface area contributed by atoms with E-state index in [1.807, 2.05) is 0 Å². The second-order valence-corrected chi connectivity index (χ2v) is 5.46. The van der Waals surface area contributed by atoms with E-state index in [1.54, 1.807) is 0 Å². The molecular weight excluding hydrogens is 310 g/mol. The van der Waals surface area contributed by atoms with E-state index in [2.05, 4.69) is 5.32 Å². The highest BCUT2D eigenvalue weighted by molar-refractivity contribution is 5.80. The van der Waals surface area contributed by atoms with Crippen LogP contribution in [0.1, 0.15) is 27.2 Å². The van der Waals surface area contributed by atoms with Gasteiger partial charge in [-0.05, 0) is 0 Å². The number of hydrogen-bond acceptors (Lipinski definition) is 8. The van der Waals surface area contributed by atoms with Gasteiger partial charge >= 0.3 is 17.9 Å². The number of ether oxygens (including phenoxy) is 4. The van der Waals surface area contributed by atoms with Gasteiger partial charge in [0.15, 0.2) is 12.2 Å². The third-order valence-electron chi connectivity index (χ3n) is 3.56. The summed E-state index contributed by atoms with van der Waals surface area (Å²) < 4.78 is 21.1. The Hall–Kier alpha value is -2.16.